The smallest absolute Gasteiger partial charge is 0.235 e. The van der Waals surface area contributed by atoms with Gasteiger partial charge in [-0.2, -0.15) is 0 Å². The minimum absolute atomic E-state index is 0.113. The Bertz CT molecular complexity index is 1050. The normalized spacial score (nSPS) is 18.8. The first kappa shape index (κ1) is 22.6. The van der Waals surface area contributed by atoms with Gasteiger partial charge in [-0.15, -0.1) is 0 Å². The third-order valence-corrected chi connectivity index (χ3v) is 7.12. The number of carbonyl (C=O) groups is 1. The van der Waals surface area contributed by atoms with Crippen LogP contribution < -0.4 is 5.32 Å². The number of carbonyl (C=O) groups excluding carboxylic acids is 1. The molecule has 2 heterocycles. The lowest BCUT2D eigenvalue weighted by Crippen LogP contribution is -2.46. The van der Waals surface area contributed by atoms with E-state index in [0.29, 0.717) is 5.84 Å². The number of nitrogens with zero attached hydrogens (tertiary/aromatic N) is 4. The van der Waals surface area contributed by atoms with Crippen molar-refractivity contribution in [2.75, 3.05) is 39.0 Å². The van der Waals surface area contributed by atoms with E-state index in [-0.39, 0.29) is 17.6 Å². The second-order valence-corrected chi connectivity index (χ2v) is 9.58. The summed E-state index contributed by atoms with van der Waals surface area (Å²) in [5, 5.41) is 3.07. The van der Waals surface area contributed by atoms with Crippen molar-refractivity contribution in [3.8, 4) is 0 Å². The molecule has 6 nitrogen and oxygen atoms in total. The van der Waals surface area contributed by atoms with E-state index in [9.17, 15) is 4.79 Å². The van der Waals surface area contributed by atoms with Crippen LogP contribution in [0.15, 0.2) is 64.6 Å². The third kappa shape index (κ3) is 5.43. The maximum Gasteiger partial charge on any atom is 0.235 e. The molecule has 32 heavy (non-hydrogen) atoms. The summed E-state index contributed by atoms with van der Waals surface area (Å²) in [6.07, 6.45) is 0. The zero-order valence-corrected chi connectivity index (χ0v) is 20.0. The van der Waals surface area contributed by atoms with Crippen molar-refractivity contribution in [2.45, 2.75) is 12.8 Å². The van der Waals surface area contributed by atoms with Crippen molar-refractivity contribution in [1.82, 2.24) is 15.1 Å². The number of thiocarbonyl (C=S) groups is 1. The molecule has 2 aliphatic heterocycles. The molecule has 2 aliphatic rings. The van der Waals surface area contributed by atoms with Gasteiger partial charge in [0.15, 0.2) is 0 Å². The van der Waals surface area contributed by atoms with E-state index in [1.165, 1.54) is 11.8 Å². The molecule has 0 saturated carbocycles. The first-order valence-corrected chi connectivity index (χ1v) is 12.1. The Morgan fingerprint density at radius 2 is 1.66 bits per heavy atom. The molecule has 0 aliphatic carbocycles. The molecule has 0 unspecified atom stereocenters. The number of nitrogens with one attached hydrogen (secondary N) is 1. The third-order valence-electron chi connectivity index (χ3n) is 5.60. The topological polar surface area (TPSA) is 60.3 Å². The van der Waals surface area contributed by atoms with Gasteiger partial charge in [0.05, 0.1) is 23.0 Å². The van der Waals surface area contributed by atoms with E-state index in [0.717, 1.165) is 53.1 Å². The Morgan fingerprint density at radius 3 is 2.34 bits per heavy atom. The fraction of sp³-hybridized carbons (Fsp3) is 0.333. The average Bonchev–Trinajstić information content (AvgIpc) is 2.93. The number of benzene rings is 2. The molecule has 4 rings (SSSR count). The van der Waals surface area contributed by atoms with Crippen LogP contribution in [0.25, 0.3) is 0 Å². The number of thioether (sulfide) groups is 1. The zero-order valence-electron chi connectivity index (χ0n) is 18.3. The van der Waals surface area contributed by atoms with E-state index in [1.807, 2.05) is 61.5 Å². The molecule has 1 amide bonds. The molecule has 1 atom stereocenters. The van der Waals surface area contributed by atoms with E-state index < -0.39 is 0 Å². The van der Waals surface area contributed by atoms with Crippen LogP contribution in [-0.2, 0) is 4.79 Å². The zero-order chi connectivity index (χ0) is 22.5. The van der Waals surface area contributed by atoms with Gasteiger partial charge in [-0.05, 0) is 31.7 Å². The SMILES string of the molecule is CC1=Nc2ccccc2N=C(NC(=O)CSC(=S)N2CCN(C)CC2)[C@H]1c1ccccc1. The van der Waals surface area contributed by atoms with Crippen molar-refractivity contribution in [2.24, 2.45) is 9.98 Å². The average molecular weight is 466 g/mol. The second kappa shape index (κ2) is 10.4. The van der Waals surface area contributed by atoms with Crippen LogP contribution in [0.4, 0.5) is 11.4 Å². The minimum atomic E-state index is -0.220. The highest BCUT2D eigenvalue weighted by Gasteiger charge is 2.26. The van der Waals surface area contributed by atoms with Crippen molar-refractivity contribution in [3.63, 3.8) is 0 Å². The van der Waals surface area contributed by atoms with Gasteiger partial charge in [0.25, 0.3) is 0 Å². The summed E-state index contributed by atoms with van der Waals surface area (Å²) in [6.45, 7) is 5.76. The van der Waals surface area contributed by atoms with Crippen molar-refractivity contribution in [3.05, 3.63) is 60.2 Å². The first-order valence-electron chi connectivity index (χ1n) is 10.7. The Labute approximate surface area is 198 Å². The Morgan fingerprint density at radius 1 is 1.03 bits per heavy atom. The van der Waals surface area contributed by atoms with Gasteiger partial charge in [-0.1, -0.05) is 66.4 Å². The van der Waals surface area contributed by atoms with Crippen LogP contribution in [0.5, 0.6) is 0 Å². The maximum atomic E-state index is 12.9. The first-order chi connectivity index (χ1) is 15.5. The van der Waals surface area contributed by atoms with Gasteiger partial charge in [-0.25, -0.2) is 4.99 Å². The summed E-state index contributed by atoms with van der Waals surface area (Å²) < 4.78 is 0.777. The molecule has 0 spiro atoms. The number of amides is 1. The molecule has 2 aromatic carbocycles. The lowest BCUT2D eigenvalue weighted by molar-refractivity contribution is -0.117. The molecule has 0 bridgehead atoms. The monoisotopic (exact) mass is 465 g/mol. The van der Waals surface area contributed by atoms with E-state index >= 15 is 0 Å². The van der Waals surface area contributed by atoms with Crippen LogP contribution in [0.2, 0.25) is 0 Å². The predicted molar refractivity (Wildman–Crippen MR) is 138 cm³/mol. The fourth-order valence-corrected chi connectivity index (χ4v) is 4.88. The van der Waals surface area contributed by atoms with E-state index in [2.05, 4.69) is 22.2 Å². The molecular weight excluding hydrogens is 438 g/mol. The lowest BCUT2D eigenvalue weighted by Gasteiger charge is -2.33. The number of hydrogen-bond donors (Lipinski definition) is 1. The van der Waals surface area contributed by atoms with Crippen molar-refractivity contribution < 1.29 is 4.79 Å². The van der Waals surface area contributed by atoms with Crippen LogP contribution in [0, 0.1) is 0 Å². The number of aliphatic imine (C=N–C) groups is 2. The number of likely N-dealkylation sites (N-methyl/N-ethyl adjacent to an activating group) is 1. The highest BCUT2D eigenvalue weighted by Crippen LogP contribution is 2.34. The van der Waals surface area contributed by atoms with Crippen LogP contribution in [-0.4, -0.2) is 70.6 Å². The van der Waals surface area contributed by atoms with Crippen molar-refractivity contribution in [1.29, 1.82) is 0 Å². The summed E-state index contributed by atoms with van der Waals surface area (Å²) in [5.74, 6) is 0.516. The van der Waals surface area contributed by atoms with Gasteiger partial charge in [0.1, 0.15) is 10.2 Å². The Kier molecular flexibility index (Phi) is 7.34. The quantitative estimate of drug-likeness (QED) is 0.695. The number of piperazine rings is 1. The van der Waals surface area contributed by atoms with Crippen LogP contribution >= 0.6 is 24.0 Å². The molecule has 166 valence electrons. The molecule has 1 fully saturated rings. The molecule has 1 N–H and O–H groups in total. The van der Waals surface area contributed by atoms with E-state index in [1.54, 1.807) is 0 Å². The Balaban J connectivity index is 1.50. The predicted octanol–water partition coefficient (Wildman–Crippen LogP) is 3.99. The maximum absolute atomic E-state index is 12.9. The summed E-state index contributed by atoms with van der Waals surface area (Å²) in [6, 6.07) is 17.8. The van der Waals surface area contributed by atoms with Crippen molar-refractivity contribution >= 4 is 57.1 Å². The molecule has 8 heteroatoms. The number of para-hydroxylation sites is 2. The molecule has 2 aromatic rings. The summed E-state index contributed by atoms with van der Waals surface area (Å²) >= 11 is 6.98. The number of amidine groups is 1. The van der Waals surface area contributed by atoms with Crippen LogP contribution in [0.1, 0.15) is 18.4 Å². The Hall–Kier alpha value is -2.55. The number of rotatable bonds is 3. The summed E-state index contributed by atoms with van der Waals surface area (Å²) in [4.78, 5) is 27.0. The van der Waals surface area contributed by atoms with E-state index in [4.69, 9.17) is 22.2 Å². The van der Waals surface area contributed by atoms with Gasteiger partial charge >= 0.3 is 0 Å². The standard InChI is InChI=1S/C24H27N5OS2/c1-17-22(18-8-4-3-5-9-18)23(26-20-11-7-6-10-19(20)25-17)27-21(30)16-32-24(31)29-14-12-28(2)13-15-29/h3-11,22H,12-16H2,1-2H3,(H,26,27,30)/t22-/m1/s1. The number of hydrogen-bond acceptors (Lipinski definition) is 6. The summed E-state index contributed by atoms with van der Waals surface area (Å²) in [7, 11) is 2.11. The van der Waals surface area contributed by atoms with Crippen LogP contribution in [0.3, 0.4) is 0 Å². The highest BCUT2D eigenvalue weighted by atomic mass is 32.2. The molecular formula is C24H27N5OS2. The number of fused-ring (bicyclic) bond motifs is 1. The second-order valence-electron chi connectivity index (χ2n) is 7.98. The minimum Gasteiger partial charge on any atom is -0.355 e. The van der Waals surface area contributed by atoms with Gasteiger partial charge < -0.3 is 15.1 Å². The largest absolute Gasteiger partial charge is 0.355 e. The molecule has 0 aromatic heterocycles. The molecule has 0 radical (unpaired) electrons. The van der Waals surface area contributed by atoms with Gasteiger partial charge in [0.2, 0.25) is 5.91 Å². The van der Waals surface area contributed by atoms with Gasteiger partial charge in [0, 0.05) is 31.9 Å². The molecule has 1 saturated heterocycles. The van der Waals surface area contributed by atoms with Gasteiger partial charge in [-0.3, -0.25) is 9.79 Å². The summed E-state index contributed by atoms with van der Waals surface area (Å²) in [5.41, 5.74) is 3.49. The fourth-order valence-electron chi connectivity index (χ4n) is 3.83. The highest BCUT2D eigenvalue weighted by molar-refractivity contribution is 8.23. The lowest BCUT2D eigenvalue weighted by atomic mass is 9.93.